The lowest BCUT2D eigenvalue weighted by Gasteiger charge is -2.20. The third-order valence-corrected chi connectivity index (χ3v) is 5.55. The van der Waals surface area contributed by atoms with Gasteiger partial charge in [0, 0.05) is 10.6 Å². The Kier molecular flexibility index (Phi) is 8.51. The molecule has 4 N–H and O–H groups in total. The summed E-state index contributed by atoms with van der Waals surface area (Å²) in [6.07, 6.45) is -1.46. The van der Waals surface area contributed by atoms with E-state index in [1.807, 2.05) is 4.72 Å². The zero-order chi connectivity index (χ0) is 23.0. The van der Waals surface area contributed by atoms with Gasteiger partial charge in [-0.3, -0.25) is 25.2 Å². The van der Waals surface area contributed by atoms with Crippen molar-refractivity contribution in [2.45, 2.75) is 24.0 Å². The molecule has 0 aliphatic rings. The molecule has 0 aromatic heterocycles. The average molecular weight is 470 g/mol. The van der Waals surface area contributed by atoms with Crippen molar-refractivity contribution in [2.75, 3.05) is 6.61 Å². The first-order valence-corrected chi connectivity index (χ1v) is 10.7. The summed E-state index contributed by atoms with van der Waals surface area (Å²) in [4.78, 5) is 35.7. The number of carbonyl (C=O) groups is 3. The van der Waals surface area contributed by atoms with E-state index in [0.717, 1.165) is 0 Å². The number of aliphatic hydroxyl groups excluding tert-OH is 1. The second kappa shape index (κ2) is 10.9. The largest absolute Gasteiger partial charge is 0.454 e. The number of carbonyl (C=O) groups excluding carboxylic acids is 3. The van der Waals surface area contributed by atoms with Crippen LogP contribution >= 0.6 is 11.6 Å². The first-order valence-electron chi connectivity index (χ1n) is 8.87. The standard InChI is InChI=1S/C19H20ClN3O7S/c1-12(24)17(23-31(28,29)15-9-7-14(20)8-10-15)19(27)30-11-16(25)21-22-18(26)13-5-3-2-4-6-13/h2-10,12,17,23-24H,11H2,1H3,(H,21,25)(H,22,26)/t12-,17-/m0/s1. The molecule has 2 aromatic rings. The molecule has 166 valence electrons. The van der Waals surface area contributed by atoms with Gasteiger partial charge in [0.2, 0.25) is 10.0 Å². The number of hydrogen-bond acceptors (Lipinski definition) is 7. The zero-order valence-corrected chi connectivity index (χ0v) is 17.8. The van der Waals surface area contributed by atoms with E-state index < -0.39 is 46.6 Å². The van der Waals surface area contributed by atoms with E-state index in [0.29, 0.717) is 10.6 Å². The number of sulfonamides is 1. The summed E-state index contributed by atoms with van der Waals surface area (Å²) >= 11 is 5.73. The van der Waals surface area contributed by atoms with Gasteiger partial charge >= 0.3 is 5.97 Å². The molecule has 0 heterocycles. The molecule has 0 bridgehead atoms. The van der Waals surface area contributed by atoms with Crippen molar-refractivity contribution in [1.82, 2.24) is 15.6 Å². The third-order valence-electron chi connectivity index (χ3n) is 3.84. The minimum Gasteiger partial charge on any atom is -0.454 e. The Morgan fingerprint density at radius 3 is 2.23 bits per heavy atom. The van der Waals surface area contributed by atoms with Crippen LogP contribution < -0.4 is 15.6 Å². The molecular weight excluding hydrogens is 450 g/mol. The fraction of sp³-hybridized carbons (Fsp3) is 0.211. The number of esters is 1. The molecule has 2 rings (SSSR count). The van der Waals surface area contributed by atoms with Crippen molar-refractivity contribution in [3.8, 4) is 0 Å². The molecule has 12 heteroatoms. The fourth-order valence-electron chi connectivity index (χ4n) is 2.24. The van der Waals surface area contributed by atoms with E-state index >= 15 is 0 Å². The lowest BCUT2D eigenvalue weighted by atomic mass is 10.2. The predicted molar refractivity (Wildman–Crippen MR) is 110 cm³/mol. The molecule has 10 nitrogen and oxygen atoms in total. The second-order valence-corrected chi connectivity index (χ2v) is 8.42. The summed E-state index contributed by atoms with van der Waals surface area (Å²) in [6.45, 7) is 0.357. The van der Waals surface area contributed by atoms with Crippen LogP contribution in [0.5, 0.6) is 0 Å². The smallest absolute Gasteiger partial charge is 0.327 e. The summed E-state index contributed by atoms with van der Waals surface area (Å²) < 4.78 is 31.6. The molecule has 0 aliphatic heterocycles. The highest BCUT2D eigenvalue weighted by molar-refractivity contribution is 7.89. The van der Waals surface area contributed by atoms with E-state index in [2.05, 4.69) is 10.9 Å². The molecule has 2 atom stereocenters. The van der Waals surface area contributed by atoms with Crippen molar-refractivity contribution in [3.05, 3.63) is 65.2 Å². The van der Waals surface area contributed by atoms with E-state index in [4.69, 9.17) is 16.3 Å². The van der Waals surface area contributed by atoms with Gasteiger partial charge in [0.1, 0.15) is 6.04 Å². The maximum atomic E-state index is 12.4. The van der Waals surface area contributed by atoms with Crippen LogP contribution in [0.25, 0.3) is 0 Å². The number of aliphatic hydroxyl groups is 1. The van der Waals surface area contributed by atoms with Crippen molar-refractivity contribution < 1.29 is 32.6 Å². The third kappa shape index (κ3) is 7.33. The Bertz CT molecular complexity index is 1030. The average Bonchev–Trinajstić information content (AvgIpc) is 2.74. The number of hydrogen-bond donors (Lipinski definition) is 4. The Labute approximate surface area is 183 Å². The van der Waals surface area contributed by atoms with E-state index in [1.165, 1.54) is 43.3 Å². The van der Waals surface area contributed by atoms with E-state index in [9.17, 15) is 27.9 Å². The van der Waals surface area contributed by atoms with Gasteiger partial charge in [0.15, 0.2) is 6.61 Å². The maximum Gasteiger partial charge on any atom is 0.327 e. The quantitative estimate of drug-likeness (QED) is 0.322. The molecule has 0 saturated carbocycles. The number of halogens is 1. The van der Waals surface area contributed by atoms with Crippen LogP contribution in [0.3, 0.4) is 0 Å². The topological polar surface area (TPSA) is 151 Å². The molecule has 0 aliphatic carbocycles. The molecule has 0 fully saturated rings. The summed E-state index contributed by atoms with van der Waals surface area (Å²) in [5.74, 6) is -2.64. The first-order chi connectivity index (χ1) is 14.6. The van der Waals surface area contributed by atoms with Crippen LogP contribution in [0.4, 0.5) is 0 Å². The van der Waals surface area contributed by atoms with Crippen LogP contribution in [-0.2, 0) is 24.3 Å². The second-order valence-electron chi connectivity index (χ2n) is 6.27. The van der Waals surface area contributed by atoms with Crippen LogP contribution in [-0.4, -0.2) is 50.1 Å². The Morgan fingerprint density at radius 2 is 1.65 bits per heavy atom. The monoisotopic (exact) mass is 469 g/mol. The number of amides is 2. The van der Waals surface area contributed by atoms with Gasteiger partial charge < -0.3 is 9.84 Å². The van der Waals surface area contributed by atoms with Crippen molar-refractivity contribution >= 4 is 39.4 Å². The van der Waals surface area contributed by atoms with Crippen molar-refractivity contribution in [1.29, 1.82) is 0 Å². The summed E-state index contributed by atoms with van der Waals surface area (Å²) in [5, 5.41) is 10.1. The maximum absolute atomic E-state index is 12.4. The zero-order valence-electron chi connectivity index (χ0n) is 16.2. The number of rotatable bonds is 8. The van der Waals surface area contributed by atoms with Crippen LogP contribution in [0.15, 0.2) is 59.5 Å². The molecule has 0 unspecified atom stereocenters. The normalized spacial score (nSPS) is 13.0. The minimum absolute atomic E-state index is 0.184. The number of nitrogens with one attached hydrogen (secondary N) is 3. The highest BCUT2D eigenvalue weighted by atomic mass is 35.5. The number of ether oxygens (including phenoxy) is 1. The van der Waals surface area contributed by atoms with E-state index in [1.54, 1.807) is 18.2 Å². The molecule has 31 heavy (non-hydrogen) atoms. The van der Waals surface area contributed by atoms with Crippen molar-refractivity contribution in [3.63, 3.8) is 0 Å². The van der Waals surface area contributed by atoms with Gasteiger partial charge in [-0.2, -0.15) is 4.72 Å². The van der Waals surface area contributed by atoms with Gasteiger partial charge in [-0.1, -0.05) is 29.8 Å². The van der Waals surface area contributed by atoms with Crippen molar-refractivity contribution in [2.24, 2.45) is 0 Å². The lowest BCUT2D eigenvalue weighted by molar-refractivity contribution is -0.152. The predicted octanol–water partition coefficient (Wildman–Crippen LogP) is 0.372. The molecule has 0 spiro atoms. The van der Waals surface area contributed by atoms with Crippen LogP contribution in [0, 0.1) is 0 Å². The Hall–Kier alpha value is -2.99. The number of hydrazine groups is 1. The summed E-state index contributed by atoms with van der Waals surface area (Å²) in [6, 6.07) is 11.5. The van der Waals surface area contributed by atoms with Gasteiger partial charge in [-0.15, -0.1) is 0 Å². The Balaban J connectivity index is 1.91. The SMILES string of the molecule is C[C@H](O)[C@H](NS(=O)(=O)c1ccc(Cl)cc1)C(=O)OCC(=O)NNC(=O)c1ccccc1. The first kappa shape index (κ1) is 24.3. The van der Waals surface area contributed by atoms with Gasteiger partial charge in [0.25, 0.3) is 11.8 Å². The summed E-state index contributed by atoms with van der Waals surface area (Å²) in [7, 11) is -4.18. The molecule has 0 saturated heterocycles. The molecular formula is C19H20ClN3O7S. The highest BCUT2D eigenvalue weighted by Crippen LogP contribution is 2.15. The van der Waals surface area contributed by atoms with Gasteiger partial charge in [-0.25, -0.2) is 8.42 Å². The highest BCUT2D eigenvalue weighted by Gasteiger charge is 2.31. The van der Waals surface area contributed by atoms with Gasteiger partial charge in [-0.05, 0) is 43.3 Å². The molecule has 0 radical (unpaired) electrons. The minimum atomic E-state index is -4.18. The molecule has 2 aromatic carbocycles. The summed E-state index contributed by atoms with van der Waals surface area (Å²) in [5.41, 5.74) is 4.49. The number of benzene rings is 2. The molecule has 2 amide bonds. The Morgan fingerprint density at radius 1 is 1.03 bits per heavy atom. The van der Waals surface area contributed by atoms with Crippen LogP contribution in [0.2, 0.25) is 5.02 Å². The van der Waals surface area contributed by atoms with Gasteiger partial charge in [0.05, 0.1) is 11.0 Å². The van der Waals surface area contributed by atoms with E-state index in [-0.39, 0.29) is 4.90 Å². The van der Waals surface area contributed by atoms with Crippen LogP contribution in [0.1, 0.15) is 17.3 Å². The fourth-order valence-corrected chi connectivity index (χ4v) is 3.63. The lowest BCUT2D eigenvalue weighted by Crippen LogP contribution is -2.49.